The first kappa shape index (κ1) is 14.3. The van der Waals surface area contributed by atoms with Crippen molar-refractivity contribution in [3.05, 3.63) is 52.8 Å². The third kappa shape index (κ3) is 3.27. The van der Waals surface area contributed by atoms with Gasteiger partial charge in [-0.2, -0.15) is 13.2 Å². The summed E-state index contributed by atoms with van der Waals surface area (Å²) >= 11 is 5.76. The molecule has 1 aromatic heterocycles. The number of benzene rings is 1. The van der Waals surface area contributed by atoms with Gasteiger partial charge in [-0.15, -0.1) is 0 Å². The highest BCUT2D eigenvalue weighted by molar-refractivity contribution is 6.30. The maximum atomic E-state index is 12.4. The fourth-order valence-electron chi connectivity index (χ4n) is 1.43. The van der Waals surface area contributed by atoms with Gasteiger partial charge < -0.3 is 4.74 Å². The molecule has 0 saturated carbocycles. The van der Waals surface area contributed by atoms with Crippen LogP contribution < -0.4 is 4.74 Å². The minimum atomic E-state index is -4.51. The molecule has 0 aliphatic rings. The topological polar surface area (TPSA) is 39.2 Å². The van der Waals surface area contributed by atoms with Crippen LogP contribution in [0.4, 0.5) is 13.2 Å². The summed E-state index contributed by atoms with van der Waals surface area (Å²) < 4.78 is 42.4. The average molecular weight is 302 g/mol. The summed E-state index contributed by atoms with van der Waals surface area (Å²) in [5.41, 5.74) is -0.791. The number of aromatic nitrogens is 1. The van der Waals surface area contributed by atoms with Gasteiger partial charge in [-0.05, 0) is 24.3 Å². The third-order valence-electron chi connectivity index (χ3n) is 2.36. The molecule has 0 aliphatic carbocycles. The molecular weight excluding hydrogens is 295 g/mol. The maximum Gasteiger partial charge on any atom is 0.433 e. The molecule has 0 saturated heterocycles. The summed E-state index contributed by atoms with van der Waals surface area (Å²) in [5, 5.41) is 0.338. The van der Waals surface area contributed by atoms with Crippen molar-refractivity contribution >= 4 is 17.9 Å². The molecule has 1 aromatic carbocycles. The maximum absolute atomic E-state index is 12.4. The number of hydrogen-bond acceptors (Lipinski definition) is 3. The van der Waals surface area contributed by atoms with Crippen molar-refractivity contribution in [3.8, 4) is 11.5 Å². The van der Waals surface area contributed by atoms with E-state index in [0.717, 1.165) is 18.3 Å². The molecular formula is C13H7ClF3NO2. The van der Waals surface area contributed by atoms with Crippen LogP contribution in [0.3, 0.4) is 0 Å². The van der Waals surface area contributed by atoms with Crippen molar-refractivity contribution in [2.45, 2.75) is 6.18 Å². The van der Waals surface area contributed by atoms with E-state index in [1.807, 2.05) is 0 Å². The van der Waals surface area contributed by atoms with Crippen LogP contribution in [0, 0.1) is 0 Å². The number of ether oxygens (including phenoxy) is 1. The molecule has 0 fully saturated rings. The number of halogens is 4. The predicted octanol–water partition coefficient (Wildman–Crippen LogP) is 4.36. The normalized spacial score (nSPS) is 11.2. The monoisotopic (exact) mass is 301 g/mol. The summed E-state index contributed by atoms with van der Waals surface area (Å²) in [4.78, 5) is 14.1. The predicted molar refractivity (Wildman–Crippen MR) is 66.2 cm³/mol. The van der Waals surface area contributed by atoms with Crippen molar-refractivity contribution in [3.63, 3.8) is 0 Å². The van der Waals surface area contributed by atoms with Gasteiger partial charge in [0.05, 0.1) is 11.8 Å². The van der Waals surface area contributed by atoms with Gasteiger partial charge in [0.2, 0.25) is 0 Å². The summed E-state index contributed by atoms with van der Waals surface area (Å²) in [6, 6.07) is 6.25. The van der Waals surface area contributed by atoms with Gasteiger partial charge in [0, 0.05) is 11.1 Å². The Labute approximate surface area is 117 Å². The summed E-state index contributed by atoms with van der Waals surface area (Å²) in [6.07, 6.45) is -3.02. The first-order valence-corrected chi connectivity index (χ1v) is 5.74. The second-order valence-electron chi connectivity index (χ2n) is 3.78. The smallest absolute Gasteiger partial charge is 0.433 e. The highest BCUT2D eigenvalue weighted by atomic mass is 35.5. The van der Waals surface area contributed by atoms with Gasteiger partial charge in [0.25, 0.3) is 0 Å². The summed E-state index contributed by atoms with van der Waals surface area (Å²) in [7, 11) is 0. The lowest BCUT2D eigenvalue weighted by Crippen LogP contribution is -2.07. The standard InChI is InChI=1S/C13H7ClF3NO2/c14-9-2-1-8(7-19)11(5-9)20-10-3-4-12(18-6-10)13(15,16)17/h1-7H. The fourth-order valence-corrected chi connectivity index (χ4v) is 1.59. The van der Waals surface area contributed by atoms with Gasteiger partial charge in [-0.25, -0.2) is 4.98 Å². The number of alkyl halides is 3. The van der Waals surface area contributed by atoms with Crippen molar-refractivity contribution in [1.82, 2.24) is 4.98 Å². The molecule has 7 heteroatoms. The molecule has 0 bridgehead atoms. The van der Waals surface area contributed by atoms with Crippen LogP contribution in [0.5, 0.6) is 11.5 Å². The minimum Gasteiger partial charge on any atom is -0.455 e. The quantitative estimate of drug-likeness (QED) is 0.791. The number of carbonyl (C=O) groups is 1. The Morgan fingerprint density at radius 2 is 1.95 bits per heavy atom. The molecule has 0 radical (unpaired) electrons. The van der Waals surface area contributed by atoms with E-state index in [4.69, 9.17) is 16.3 Å². The van der Waals surface area contributed by atoms with Gasteiger partial charge >= 0.3 is 6.18 Å². The third-order valence-corrected chi connectivity index (χ3v) is 2.59. The second-order valence-corrected chi connectivity index (χ2v) is 4.22. The Bertz CT molecular complexity index is 627. The molecule has 104 valence electrons. The zero-order chi connectivity index (χ0) is 14.8. The highest BCUT2D eigenvalue weighted by Gasteiger charge is 2.32. The molecule has 1 heterocycles. The van der Waals surface area contributed by atoms with E-state index in [1.54, 1.807) is 0 Å². The molecule has 0 aliphatic heterocycles. The zero-order valence-electron chi connectivity index (χ0n) is 9.82. The number of hydrogen-bond donors (Lipinski definition) is 0. The number of carbonyl (C=O) groups excluding carboxylic acids is 1. The Kier molecular flexibility index (Phi) is 3.94. The summed E-state index contributed by atoms with van der Waals surface area (Å²) in [6.45, 7) is 0. The van der Waals surface area contributed by atoms with Gasteiger partial charge in [-0.1, -0.05) is 11.6 Å². The number of pyridine rings is 1. The Morgan fingerprint density at radius 1 is 1.20 bits per heavy atom. The van der Waals surface area contributed by atoms with E-state index in [-0.39, 0.29) is 17.1 Å². The van der Waals surface area contributed by atoms with E-state index < -0.39 is 11.9 Å². The molecule has 0 atom stereocenters. The van der Waals surface area contributed by atoms with E-state index in [1.165, 1.54) is 18.2 Å². The van der Waals surface area contributed by atoms with Gasteiger partial charge in [0.1, 0.15) is 17.2 Å². The molecule has 2 aromatic rings. The lowest BCUT2D eigenvalue weighted by Gasteiger charge is -2.09. The highest BCUT2D eigenvalue weighted by Crippen LogP contribution is 2.30. The first-order valence-electron chi connectivity index (χ1n) is 5.36. The van der Waals surface area contributed by atoms with Crippen molar-refractivity contribution in [2.24, 2.45) is 0 Å². The number of rotatable bonds is 3. The van der Waals surface area contributed by atoms with Crippen molar-refractivity contribution in [1.29, 1.82) is 0 Å². The Balaban J connectivity index is 2.26. The average Bonchev–Trinajstić information content (AvgIpc) is 2.38. The van der Waals surface area contributed by atoms with E-state index in [2.05, 4.69) is 4.98 Å². The molecule has 0 N–H and O–H groups in total. The number of nitrogens with zero attached hydrogens (tertiary/aromatic N) is 1. The van der Waals surface area contributed by atoms with Crippen LogP contribution in [-0.2, 0) is 6.18 Å². The summed E-state index contributed by atoms with van der Waals surface area (Å²) in [5.74, 6) is 0.220. The fraction of sp³-hybridized carbons (Fsp3) is 0.0769. The van der Waals surface area contributed by atoms with Crippen LogP contribution in [-0.4, -0.2) is 11.3 Å². The molecule has 0 spiro atoms. The van der Waals surface area contributed by atoms with Crippen LogP contribution >= 0.6 is 11.6 Å². The first-order chi connectivity index (χ1) is 9.40. The number of aldehydes is 1. The van der Waals surface area contributed by atoms with Crippen LogP contribution in [0.25, 0.3) is 0 Å². The Morgan fingerprint density at radius 3 is 2.50 bits per heavy atom. The molecule has 2 rings (SSSR count). The van der Waals surface area contributed by atoms with E-state index in [9.17, 15) is 18.0 Å². The van der Waals surface area contributed by atoms with Crippen molar-refractivity contribution < 1.29 is 22.7 Å². The Hall–Kier alpha value is -2.08. The largest absolute Gasteiger partial charge is 0.455 e. The molecule has 3 nitrogen and oxygen atoms in total. The van der Waals surface area contributed by atoms with Crippen LogP contribution in [0.2, 0.25) is 5.02 Å². The minimum absolute atomic E-state index is 0.0726. The molecule has 20 heavy (non-hydrogen) atoms. The molecule has 0 unspecified atom stereocenters. The van der Waals surface area contributed by atoms with E-state index >= 15 is 0 Å². The van der Waals surface area contributed by atoms with Crippen LogP contribution in [0.15, 0.2) is 36.5 Å². The van der Waals surface area contributed by atoms with Gasteiger partial charge in [0.15, 0.2) is 6.29 Å². The lowest BCUT2D eigenvalue weighted by atomic mass is 10.2. The SMILES string of the molecule is O=Cc1ccc(Cl)cc1Oc1ccc(C(F)(F)F)nc1. The molecule has 0 amide bonds. The van der Waals surface area contributed by atoms with Crippen LogP contribution in [0.1, 0.15) is 16.1 Å². The second kappa shape index (κ2) is 5.50. The van der Waals surface area contributed by atoms with Crippen molar-refractivity contribution in [2.75, 3.05) is 0 Å². The zero-order valence-corrected chi connectivity index (χ0v) is 10.6. The van der Waals surface area contributed by atoms with E-state index in [0.29, 0.717) is 11.3 Å². The van der Waals surface area contributed by atoms with Gasteiger partial charge in [-0.3, -0.25) is 4.79 Å². The lowest BCUT2D eigenvalue weighted by molar-refractivity contribution is -0.141.